The maximum absolute atomic E-state index is 13.9. The molecule has 0 bridgehead atoms. The molecule has 0 aliphatic rings. The van der Waals surface area contributed by atoms with Crippen molar-refractivity contribution < 1.29 is 18.0 Å². The predicted octanol–water partition coefficient (Wildman–Crippen LogP) is 3.85. The van der Waals surface area contributed by atoms with Crippen molar-refractivity contribution in [1.82, 2.24) is 10.2 Å². The van der Waals surface area contributed by atoms with Crippen LogP contribution >= 0.6 is 0 Å². The van der Waals surface area contributed by atoms with Crippen LogP contribution in [0.5, 0.6) is 0 Å². The SMILES string of the molecule is CCNC(=O)[C@H](Cc1ccccc1)N(Cc1ccccc1)C(=O)CN(c1ccc(C)cc1C)S(C)(=O)=O. The highest BCUT2D eigenvalue weighted by atomic mass is 32.2. The monoisotopic (exact) mass is 521 g/mol. The number of aryl methyl sites for hydroxylation is 2. The second-order valence-corrected chi connectivity index (χ2v) is 11.1. The second-order valence-electron chi connectivity index (χ2n) is 9.17. The number of hydrogen-bond donors (Lipinski definition) is 1. The van der Waals surface area contributed by atoms with Crippen LogP contribution in [0.15, 0.2) is 78.9 Å². The van der Waals surface area contributed by atoms with E-state index in [0.29, 0.717) is 18.7 Å². The van der Waals surface area contributed by atoms with Gasteiger partial charge in [-0.2, -0.15) is 0 Å². The van der Waals surface area contributed by atoms with E-state index in [0.717, 1.165) is 32.8 Å². The molecule has 0 spiro atoms. The van der Waals surface area contributed by atoms with Gasteiger partial charge >= 0.3 is 0 Å². The summed E-state index contributed by atoms with van der Waals surface area (Å²) in [6, 6.07) is 23.5. The highest BCUT2D eigenvalue weighted by Gasteiger charge is 2.33. The normalized spacial score (nSPS) is 12.0. The summed E-state index contributed by atoms with van der Waals surface area (Å²) in [5.74, 6) is -0.741. The van der Waals surface area contributed by atoms with E-state index in [-0.39, 0.29) is 12.5 Å². The number of carbonyl (C=O) groups is 2. The third-order valence-corrected chi connectivity index (χ3v) is 7.24. The fraction of sp³-hybridized carbons (Fsp3) is 0.310. The third kappa shape index (κ3) is 7.67. The summed E-state index contributed by atoms with van der Waals surface area (Å²) in [6.45, 7) is 5.73. The van der Waals surface area contributed by atoms with Crippen LogP contribution in [0.2, 0.25) is 0 Å². The summed E-state index contributed by atoms with van der Waals surface area (Å²) in [4.78, 5) is 28.7. The van der Waals surface area contributed by atoms with E-state index in [4.69, 9.17) is 0 Å². The average molecular weight is 522 g/mol. The van der Waals surface area contributed by atoms with Gasteiger partial charge in [0.1, 0.15) is 12.6 Å². The van der Waals surface area contributed by atoms with Crippen molar-refractivity contribution in [3.8, 4) is 0 Å². The van der Waals surface area contributed by atoms with Gasteiger partial charge in [0.05, 0.1) is 11.9 Å². The Morgan fingerprint density at radius 2 is 1.49 bits per heavy atom. The molecule has 1 N–H and O–H groups in total. The van der Waals surface area contributed by atoms with Gasteiger partial charge in [-0.05, 0) is 43.5 Å². The van der Waals surface area contributed by atoms with E-state index in [1.165, 1.54) is 4.90 Å². The Bertz CT molecular complexity index is 1310. The number of likely N-dealkylation sites (N-methyl/N-ethyl adjacent to an activating group) is 1. The average Bonchev–Trinajstić information content (AvgIpc) is 2.86. The Labute approximate surface area is 220 Å². The van der Waals surface area contributed by atoms with Crippen LogP contribution in [0.4, 0.5) is 5.69 Å². The zero-order valence-corrected chi connectivity index (χ0v) is 22.7. The Morgan fingerprint density at radius 3 is 2.03 bits per heavy atom. The molecule has 0 fully saturated rings. The van der Waals surface area contributed by atoms with Gasteiger partial charge in [-0.25, -0.2) is 8.42 Å². The molecule has 0 saturated heterocycles. The Morgan fingerprint density at radius 1 is 0.892 bits per heavy atom. The van der Waals surface area contributed by atoms with E-state index in [2.05, 4.69) is 5.32 Å². The molecule has 3 aromatic carbocycles. The van der Waals surface area contributed by atoms with Crippen molar-refractivity contribution >= 4 is 27.5 Å². The van der Waals surface area contributed by atoms with Crippen LogP contribution in [0.25, 0.3) is 0 Å². The summed E-state index contributed by atoms with van der Waals surface area (Å²) >= 11 is 0. The van der Waals surface area contributed by atoms with Gasteiger partial charge in [0.15, 0.2) is 0 Å². The van der Waals surface area contributed by atoms with Crippen LogP contribution in [0.3, 0.4) is 0 Å². The standard InChI is InChI=1S/C29H35N3O4S/c1-5-30-29(34)27(19-24-12-8-6-9-13-24)31(20-25-14-10-7-11-15-25)28(33)21-32(37(4,35)36)26-17-16-22(2)18-23(26)3/h6-18,27H,5,19-21H2,1-4H3,(H,30,34)/t27-/m0/s1. The highest BCUT2D eigenvalue weighted by molar-refractivity contribution is 7.92. The smallest absolute Gasteiger partial charge is 0.244 e. The van der Waals surface area contributed by atoms with E-state index >= 15 is 0 Å². The zero-order valence-electron chi connectivity index (χ0n) is 21.8. The predicted molar refractivity (Wildman–Crippen MR) is 148 cm³/mol. The van der Waals surface area contributed by atoms with Crippen LogP contribution in [-0.2, 0) is 32.6 Å². The number of sulfonamides is 1. The first-order valence-electron chi connectivity index (χ1n) is 12.3. The van der Waals surface area contributed by atoms with Crippen molar-refractivity contribution in [1.29, 1.82) is 0 Å². The van der Waals surface area contributed by atoms with Crippen molar-refractivity contribution in [2.45, 2.75) is 39.8 Å². The molecule has 0 aliphatic carbocycles. The Hall–Kier alpha value is -3.65. The Balaban J connectivity index is 2.04. The van der Waals surface area contributed by atoms with Gasteiger partial charge in [-0.15, -0.1) is 0 Å². The minimum Gasteiger partial charge on any atom is -0.355 e. The molecular formula is C29H35N3O4S. The molecule has 8 heteroatoms. The topological polar surface area (TPSA) is 86.8 Å². The van der Waals surface area contributed by atoms with E-state index in [1.807, 2.05) is 93.6 Å². The molecular weight excluding hydrogens is 486 g/mol. The third-order valence-electron chi connectivity index (χ3n) is 6.12. The van der Waals surface area contributed by atoms with Crippen LogP contribution < -0.4 is 9.62 Å². The first-order chi connectivity index (χ1) is 17.6. The molecule has 0 aromatic heterocycles. The summed E-state index contributed by atoms with van der Waals surface area (Å²) in [5.41, 5.74) is 3.93. The number of amides is 2. The lowest BCUT2D eigenvalue weighted by atomic mass is 10.0. The fourth-order valence-corrected chi connectivity index (χ4v) is 5.21. The molecule has 0 saturated carbocycles. The van der Waals surface area contributed by atoms with Gasteiger partial charge in [-0.3, -0.25) is 13.9 Å². The summed E-state index contributed by atoms with van der Waals surface area (Å²) in [6.07, 6.45) is 1.39. The van der Waals surface area contributed by atoms with Crippen LogP contribution in [0.1, 0.15) is 29.2 Å². The minimum atomic E-state index is -3.78. The highest BCUT2D eigenvalue weighted by Crippen LogP contribution is 2.24. The van der Waals surface area contributed by atoms with Crippen LogP contribution in [0, 0.1) is 13.8 Å². The second kappa shape index (κ2) is 12.5. The first kappa shape index (κ1) is 27.9. The van der Waals surface area contributed by atoms with Gasteiger partial charge in [0.25, 0.3) is 0 Å². The van der Waals surface area contributed by atoms with E-state index < -0.39 is 28.5 Å². The van der Waals surface area contributed by atoms with Crippen LogP contribution in [-0.4, -0.2) is 50.5 Å². The summed E-state index contributed by atoms with van der Waals surface area (Å²) in [5, 5.41) is 2.85. The largest absolute Gasteiger partial charge is 0.355 e. The van der Waals surface area contributed by atoms with E-state index in [9.17, 15) is 18.0 Å². The lowest BCUT2D eigenvalue weighted by Gasteiger charge is -2.33. The molecule has 0 aliphatic heterocycles. The lowest BCUT2D eigenvalue weighted by Crippen LogP contribution is -2.53. The molecule has 1 atom stereocenters. The lowest BCUT2D eigenvalue weighted by molar-refractivity contribution is -0.140. The quantitative estimate of drug-likeness (QED) is 0.415. The molecule has 37 heavy (non-hydrogen) atoms. The molecule has 3 rings (SSSR count). The number of nitrogens with zero attached hydrogens (tertiary/aromatic N) is 2. The maximum atomic E-state index is 13.9. The maximum Gasteiger partial charge on any atom is 0.244 e. The molecule has 3 aromatic rings. The number of benzene rings is 3. The molecule has 196 valence electrons. The zero-order chi connectivity index (χ0) is 27.0. The minimum absolute atomic E-state index is 0.165. The van der Waals surface area contributed by atoms with Gasteiger partial charge in [0, 0.05) is 19.5 Å². The summed E-state index contributed by atoms with van der Waals surface area (Å²) in [7, 11) is -3.78. The number of rotatable bonds is 11. The van der Waals surface area contributed by atoms with Crippen molar-refractivity contribution in [3.63, 3.8) is 0 Å². The number of carbonyl (C=O) groups excluding carboxylic acids is 2. The molecule has 2 amide bonds. The number of nitrogens with one attached hydrogen (secondary N) is 1. The van der Waals surface area contributed by atoms with Crippen molar-refractivity contribution in [2.75, 3.05) is 23.7 Å². The van der Waals surface area contributed by atoms with Gasteiger partial charge in [0.2, 0.25) is 21.8 Å². The molecule has 0 unspecified atom stereocenters. The van der Waals surface area contributed by atoms with Crippen molar-refractivity contribution in [3.05, 3.63) is 101 Å². The fourth-order valence-electron chi connectivity index (χ4n) is 4.31. The summed E-state index contributed by atoms with van der Waals surface area (Å²) < 4.78 is 26.8. The molecule has 0 radical (unpaired) electrons. The molecule has 7 nitrogen and oxygen atoms in total. The van der Waals surface area contributed by atoms with Gasteiger partial charge in [-0.1, -0.05) is 78.4 Å². The molecule has 0 heterocycles. The number of anilines is 1. The Kier molecular flexibility index (Phi) is 9.47. The van der Waals surface area contributed by atoms with Crippen molar-refractivity contribution in [2.24, 2.45) is 0 Å². The van der Waals surface area contributed by atoms with Gasteiger partial charge < -0.3 is 10.2 Å². The van der Waals surface area contributed by atoms with E-state index in [1.54, 1.807) is 6.07 Å². The first-order valence-corrected chi connectivity index (χ1v) is 14.1. The number of hydrogen-bond acceptors (Lipinski definition) is 4.